The van der Waals surface area contributed by atoms with E-state index in [1.54, 1.807) is 0 Å². The van der Waals surface area contributed by atoms with E-state index in [1.807, 2.05) is 13.8 Å². The van der Waals surface area contributed by atoms with E-state index in [2.05, 4.69) is 14.9 Å². The van der Waals surface area contributed by atoms with Gasteiger partial charge in [0.2, 0.25) is 0 Å². The number of sulfonamides is 1. The first kappa shape index (κ1) is 15.6. The van der Waals surface area contributed by atoms with E-state index in [4.69, 9.17) is 17.3 Å². The zero-order valence-corrected chi connectivity index (χ0v) is 12.9. The van der Waals surface area contributed by atoms with Crippen molar-refractivity contribution < 1.29 is 12.8 Å². The van der Waals surface area contributed by atoms with Gasteiger partial charge in [0.1, 0.15) is 4.90 Å². The van der Waals surface area contributed by atoms with Crippen LogP contribution in [0.1, 0.15) is 25.5 Å². The summed E-state index contributed by atoms with van der Waals surface area (Å²) in [6.07, 6.45) is 0. The Balaban J connectivity index is 2.38. The van der Waals surface area contributed by atoms with Gasteiger partial charge in [-0.25, -0.2) is 12.8 Å². The summed E-state index contributed by atoms with van der Waals surface area (Å²) in [4.78, 5) is -0.624. The SMILES string of the molecule is CC(C)c1cc(NS(=O)(=O)c2cc(Cl)cc(N)c2F)n[nH]1. The lowest BCUT2D eigenvalue weighted by atomic mass is 10.1. The molecule has 1 aromatic heterocycles. The van der Waals surface area contributed by atoms with Gasteiger partial charge in [-0.1, -0.05) is 25.4 Å². The normalized spacial score (nSPS) is 11.9. The van der Waals surface area contributed by atoms with Crippen LogP contribution in [-0.2, 0) is 10.0 Å². The van der Waals surface area contributed by atoms with Crippen molar-refractivity contribution in [1.29, 1.82) is 0 Å². The number of hydrogen-bond donors (Lipinski definition) is 3. The molecular formula is C12H14ClFN4O2S. The minimum Gasteiger partial charge on any atom is -0.396 e. The van der Waals surface area contributed by atoms with E-state index in [-0.39, 0.29) is 22.4 Å². The van der Waals surface area contributed by atoms with Gasteiger partial charge in [0.15, 0.2) is 11.6 Å². The lowest BCUT2D eigenvalue weighted by molar-refractivity contribution is 0.572. The highest BCUT2D eigenvalue weighted by atomic mass is 35.5. The summed E-state index contributed by atoms with van der Waals surface area (Å²) in [5.41, 5.74) is 5.79. The zero-order chi connectivity index (χ0) is 15.8. The second kappa shape index (κ2) is 5.53. The third kappa shape index (κ3) is 3.27. The van der Waals surface area contributed by atoms with Crippen LogP contribution in [0.25, 0.3) is 0 Å². The topological polar surface area (TPSA) is 101 Å². The summed E-state index contributed by atoms with van der Waals surface area (Å²) < 4.78 is 40.4. The van der Waals surface area contributed by atoms with Crippen molar-refractivity contribution in [3.63, 3.8) is 0 Å². The molecule has 0 bridgehead atoms. The molecule has 0 spiro atoms. The van der Waals surface area contributed by atoms with E-state index in [9.17, 15) is 12.8 Å². The molecule has 0 aliphatic rings. The number of anilines is 2. The molecule has 1 heterocycles. The Morgan fingerprint density at radius 3 is 2.62 bits per heavy atom. The Hall–Kier alpha value is -1.80. The van der Waals surface area contributed by atoms with E-state index in [0.29, 0.717) is 0 Å². The van der Waals surface area contributed by atoms with Gasteiger partial charge in [0.25, 0.3) is 10.0 Å². The summed E-state index contributed by atoms with van der Waals surface area (Å²) in [7, 11) is -4.17. The molecule has 0 radical (unpaired) electrons. The molecule has 2 rings (SSSR count). The average molecular weight is 333 g/mol. The highest BCUT2D eigenvalue weighted by Gasteiger charge is 2.23. The Labute approximate surface area is 126 Å². The maximum atomic E-state index is 13.9. The van der Waals surface area contributed by atoms with Crippen LogP contribution >= 0.6 is 11.6 Å². The van der Waals surface area contributed by atoms with Crippen molar-refractivity contribution in [2.75, 3.05) is 10.5 Å². The molecule has 21 heavy (non-hydrogen) atoms. The van der Waals surface area contributed by atoms with Crippen molar-refractivity contribution in [2.45, 2.75) is 24.7 Å². The van der Waals surface area contributed by atoms with E-state index in [0.717, 1.165) is 17.8 Å². The van der Waals surface area contributed by atoms with Crippen molar-refractivity contribution in [3.8, 4) is 0 Å². The van der Waals surface area contributed by atoms with Crippen molar-refractivity contribution >= 4 is 33.1 Å². The average Bonchev–Trinajstić information content (AvgIpc) is 2.81. The Morgan fingerprint density at radius 2 is 2.05 bits per heavy atom. The fourth-order valence-corrected chi connectivity index (χ4v) is 3.07. The standard InChI is InChI=1S/C12H14ClFN4O2S/c1-6(2)9-5-11(17-16-9)18-21(19,20)10-4-7(13)3-8(15)12(10)14/h3-6H,15H2,1-2H3,(H2,16,17,18). The van der Waals surface area contributed by atoms with Crippen LogP contribution in [-0.4, -0.2) is 18.6 Å². The lowest BCUT2D eigenvalue weighted by Crippen LogP contribution is -2.15. The molecule has 0 aliphatic heterocycles. The molecule has 0 fully saturated rings. The van der Waals surface area contributed by atoms with Crippen molar-refractivity contribution in [2.24, 2.45) is 0 Å². The van der Waals surface area contributed by atoms with Gasteiger partial charge >= 0.3 is 0 Å². The van der Waals surface area contributed by atoms with Crippen LogP contribution in [0.5, 0.6) is 0 Å². The maximum absolute atomic E-state index is 13.9. The molecule has 4 N–H and O–H groups in total. The summed E-state index contributed by atoms with van der Waals surface area (Å²) in [6.45, 7) is 3.84. The van der Waals surface area contributed by atoms with E-state index >= 15 is 0 Å². The Bertz CT molecular complexity index is 774. The van der Waals surface area contributed by atoms with Gasteiger partial charge in [-0.05, 0) is 18.1 Å². The zero-order valence-electron chi connectivity index (χ0n) is 11.3. The number of H-pyrrole nitrogens is 1. The molecule has 0 amide bonds. The number of halogens is 2. The second-order valence-corrected chi connectivity index (χ2v) is 6.86. The predicted molar refractivity (Wildman–Crippen MR) is 79.3 cm³/mol. The maximum Gasteiger partial charge on any atom is 0.266 e. The van der Waals surface area contributed by atoms with Crippen molar-refractivity contribution in [1.82, 2.24) is 10.2 Å². The molecule has 0 atom stereocenters. The largest absolute Gasteiger partial charge is 0.396 e. The minimum atomic E-state index is -4.17. The quantitative estimate of drug-likeness (QED) is 0.749. The van der Waals surface area contributed by atoms with Crippen LogP contribution in [0.2, 0.25) is 5.02 Å². The third-order valence-electron chi connectivity index (χ3n) is 2.78. The molecule has 2 aromatic rings. The number of nitrogen functional groups attached to an aromatic ring is 1. The number of benzene rings is 1. The summed E-state index contributed by atoms with van der Waals surface area (Å²) in [6, 6.07) is 3.67. The van der Waals surface area contributed by atoms with Gasteiger partial charge in [-0.15, -0.1) is 0 Å². The van der Waals surface area contributed by atoms with Gasteiger partial charge in [-0.3, -0.25) is 9.82 Å². The summed E-state index contributed by atoms with van der Waals surface area (Å²) >= 11 is 5.72. The number of rotatable bonds is 4. The van der Waals surface area contributed by atoms with Crippen LogP contribution < -0.4 is 10.5 Å². The molecule has 0 aliphatic carbocycles. The van der Waals surface area contributed by atoms with Gasteiger partial charge < -0.3 is 5.73 Å². The predicted octanol–water partition coefficient (Wildman–Crippen LogP) is 2.71. The molecule has 6 nitrogen and oxygen atoms in total. The highest BCUT2D eigenvalue weighted by Crippen LogP contribution is 2.27. The molecule has 0 saturated heterocycles. The molecular weight excluding hydrogens is 319 g/mol. The second-order valence-electron chi connectivity index (χ2n) is 4.78. The lowest BCUT2D eigenvalue weighted by Gasteiger charge is -2.08. The molecule has 114 valence electrons. The molecule has 0 saturated carbocycles. The first-order chi connectivity index (χ1) is 9.70. The monoisotopic (exact) mass is 332 g/mol. The van der Waals surface area contributed by atoms with Crippen LogP contribution in [0.15, 0.2) is 23.1 Å². The first-order valence-electron chi connectivity index (χ1n) is 6.03. The van der Waals surface area contributed by atoms with Crippen LogP contribution in [0.4, 0.5) is 15.9 Å². The van der Waals surface area contributed by atoms with E-state index in [1.165, 1.54) is 6.07 Å². The number of hydrogen-bond acceptors (Lipinski definition) is 4. The van der Waals surface area contributed by atoms with Crippen LogP contribution in [0, 0.1) is 5.82 Å². The highest BCUT2D eigenvalue weighted by molar-refractivity contribution is 7.92. The van der Waals surface area contributed by atoms with Gasteiger partial charge in [0, 0.05) is 16.8 Å². The summed E-state index contributed by atoms with van der Waals surface area (Å²) in [5, 5.41) is 6.54. The Kier molecular flexibility index (Phi) is 4.11. The van der Waals surface area contributed by atoms with Gasteiger partial charge in [0.05, 0.1) is 5.69 Å². The molecule has 0 unspecified atom stereocenters. The molecule has 1 aromatic carbocycles. The fraction of sp³-hybridized carbons (Fsp3) is 0.250. The number of aromatic amines is 1. The first-order valence-corrected chi connectivity index (χ1v) is 7.89. The smallest absolute Gasteiger partial charge is 0.266 e. The fourth-order valence-electron chi connectivity index (χ4n) is 1.66. The van der Waals surface area contributed by atoms with Crippen LogP contribution in [0.3, 0.4) is 0 Å². The number of aromatic nitrogens is 2. The summed E-state index contributed by atoms with van der Waals surface area (Å²) in [5.74, 6) is -0.836. The molecule has 9 heteroatoms. The van der Waals surface area contributed by atoms with Crippen molar-refractivity contribution in [3.05, 3.63) is 34.7 Å². The van der Waals surface area contributed by atoms with Gasteiger partial charge in [-0.2, -0.15) is 5.10 Å². The number of nitrogens with one attached hydrogen (secondary N) is 2. The Morgan fingerprint density at radius 1 is 1.38 bits per heavy atom. The third-order valence-corrected chi connectivity index (χ3v) is 4.35. The minimum absolute atomic E-state index is 0.0270. The van der Waals surface area contributed by atoms with E-state index < -0.39 is 20.7 Å². The number of nitrogens with zero attached hydrogens (tertiary/aromatic N) is 1. The number of nitrogens with two attached hydrogens (primary N) is 1.